The van der Waals surface area contributed by atoms with E-state index in [2.05, 4.69) is 4.74 Å². The van der Waals surface area contributed by atoms with Crippen molar-refractivity contribution >= 4 is 12.0 Å². The van der Waals surface area contributed by atoms with E-state index in [1.165, 1.54) is 13.2 Å². The second-order valence-corrected chi connectivity index (χ2v) is 4.48. The highest BCUT2D eigenvalue weighted by Gasteiger charge is 2.02. The van der Waals surface area contributed by atoms with E-state index in [1.807, 2.05) is 37.3 Å². The molecule has 0 saturated carbocycles. The maximum atomic E-state index is 11.0. The number of esters is 1. The third-order valence-corrected chi connectivity index (χ3v) is 3.04. The van der Waals surface area contributed by atoms with Crippen LogP contribution in [-0.4, -0.2) is 18.2 Å². The van der Waals surface area contributed by atoms with Gasteiger partial charge in [0.1, 0.15) is 5.75 Å². The molecule has 0 heterocycles. The van der Waals surface area contributed by atoms with Gasteiger partial charge in [0.2, 0.25) is 0 Å². The molecule has 0 bridgehead atoms. The Morgan fingerprint density at radius 2 is 1.85 bits per heavy atom. The van der Waals surface area contributed by atoms with Gasteiger partial charge in [-0.15, -0.1) is 0 Å². The molecule has 2 aromatic rings. The first kappa shape index (κ1) is 13.9. The monoisotopic (exact) mass is 268 g/mol. The van der Waals surface area contributed by atoms with E-state index < -0.39 is 0 Å². The number of aryl methyl sites for hydroxylation is 1. The van der Waals surface area contributed by atoms with Crippen molar-refractivity contribution in [2.24, 2.45) is 0 Å². The summed E-state index contributed by atoms with van der Waals surface area (Å²) in [4.78, 5) is 11.0. The number of rotatable bonds is 3. The van der Waals surface area contributed by atoms with Crippen LogP contribution in [0.5, 0.6) is 5.75 Å². The molecule has 0 unspecified atom stereocenters. The number of aromatic hydroxyl groups is 1. The largest absolute Gasteiger partial charge is 0.508 e. The van der Waals surface area contributed by atoms with Crippen LogP contribution in [0.2, 0.25) is 0 Å². The first-order valence-corrected chi connectivity index (χ1v) is 6.26. The molecule has 3 heteroatoms. The zero-order valence-electron chi connectivity index (χ0n) is 11.5. The smallest absolute Gasteiger partial charge is 0.330 e. The number of ether oxygens (including phenoxy) is 1. The third-order valence-electron chi connectivity index (χ3n) is 3.04. The van der Waals surface area contributed by atoms with Crippen molar-refractivity contribution in [3.8, 4) is 16.9 Å². The Balaban J connectivity index is 2.24. The number of hydrogen-bond acceptors (Lipinski definition) is 3. The molecule has 20 heavy (non-hydrogen) atoms. The predicted octanol–water partition coefficient (Wildman–Crippen LogP) is 3.55. The third kappa shape index (κ3) is 3.26. The second kappa shape index (κ2) is 6.06. The van der Waals surface area contributed by atoms with Gasteiger partial charge in [0.05, 0.1) is 7.11 Å². The molecule has 0 aliphatic rings. The number of carbonyl (C=O) groups is 1. The zero-order chi connectivity index (χ0) is 14.5. The summed E-state index contributed by atoms with van der Waals surface area (Å²) in [5.74, 6) is -0.104. The lowest BCUT2D eigenvalue weighted by atomic mass is 9.99. The summed E-state index contributed by atoms with van der Waals surface area (Å²) in [6.07, 6.45) is 3.10. The maximum absolute atomic E-state index is 11.0. The summed E-state index contributed by atoms with van der Waals surface area (Å²) in [5.41, 5.74) is 4.09. The van der Waals surface area contributed by atoms with Crippen LogP contribution in [0.3, 0.4) is 0 Å². The molecule has 0 atom stereocenters. The summed E-state index contributed by atoms with van der Waals surface area (Å²) in [5, 5.41) is 9.42. The van der Waals surface area contributed by atoms with Crippen molar-refractivity contribution in [2.45, 2.75) is 6.92 Å². The molecule has 2 rings (SSSR count). The average Bonchev–Trinajstić information content (AvgIpc) is 2.45. The van der Waals surface area contributed by atoms with Crippen molar-refractivity contribution in [3.63, 3.8) is 0 Å². The first-order chi connectivity index (χ1) is 9.60. The molecule has 0 spiro atoms. The molecule has 0 radical (unpaired) electrons. The number of hydrogen-bond donors (Lipinski definition) is 1. The van der Waals surface area contributed by atoms with Gasteiger partial charge < -0.3 is 9.84 Å². The van der Waals surface area contributed by atoms with Gasteiger partial charge in [-0.1, -0.05) is 30.3 Å². The number of carbonyl (C=O) groups excluding carboxylic acids is 1. The predicted molar refractivity (Wildman–Crippen MR) is 79.3 cm³/mol. The Morgan fingerprint density at radius 1 is 1.15 bits per heavy atom. The minimum Gasteiger partial charge on any atom is -0.508 e. The van der Waals surface area contributed by atoms with E-state index in [-0.39, 0.29) is 11.7 Å². The minimum atomic E-state index is -0.372. The molecule has 0 fully saturated rings. The fourth-order valence-corrected chi connectivity index (χ4v) is 1.98. The first-order valence-electron chi connectivity index (χ1n) is 6.26. The van der Waals surface area contributed by atoms with E-state index in [0.29, 0.717) is 0 Å². The van der Waals surface area contributed by atoms with Crippen LogP contribution in [0.4, 0.5) is 0 Å². The highest BCUT2D eigenvalue weighted by molar-refractivity contribution is 5.87. The van der Waals surface area contributed by atoms with Crippen LogP contribution in [0.15, 0.2) is 48.5 Å². The molecule has 0 aromatic heterocycles. The molecular formula is C17H16O3. The van der Waals surface area contributed by atoms with Gasteiger partial charge in [-0.25, -0.2) is 4.79 Å². The van der Waals surface area contributed by atoms with Gasteiger partial charge in [0, 0.05) is 6.08 Å². The van der Waals surface area contributed by atoms with Gasteiger partial charge in [-0.2, -0.15) is 0 Å². The Hall–Kier alpha value is -2.55. The van der Waals surface area contributed by atoms with E-state index in [0.717, 1.165) is 22.3 Å². The van der Waals surface area contributed by atoms with Crippen LogP contribution in [-0.2, 0) is 9.53 Å². The minimum absolute atomic E-state index is 0.267. The van der Waals surface area contributed by atoms with Crippen molar-refractivity contribution in [1.29, 1.82) is 0 Å². The van der Waals surface area contributed by atoms with Gasteiger partial charge in [0.15, 0.2) is 0 Å². The lowest BCUT2D eigenvalue weighted by Crippen LogP contribution is -1.93. The average molecular weight is 268 g/mol. The van der Waals surface area contributed by atoms with Gasteiger partial charge in [0.25, 0.3) is 0 Å². The number of methoxy groups -OCH3 is 1. The molecule has 1 N–H and O–H groups in total. The molecule has 0 aliphatic carbocycles. The fraction of sp³-hybridized carbons (Fsp3) is 0.118. The molecule has 3 nitrogen and oxygen atoms in total. The number of phenols is 1. The van der Waals surface area contributed by atoms with Crippen LogP contribution in [0.1, 0.15) is 11.1 Å². The van der Waals surface area contributed by atoms with E-state index in [1.54, 1.807) is 18.2 Å². The van der Waals surface area contributed by atoms with Gasteiger partial charge in [-0.05, 0) is 47.4 Å². The highest BCUT2D eigenvalue weighted by atomic mass is 16.5. The highest BCUT2D eigenvalue weighted by Crippen LogP contribution is 2.26. The summed E-state index contributed by atoms with van der Waals surface area (Å²) in [6.45, 7) is 1.96. The Bertz CT molecular complexity index is 640. The standard InChI is InChI=1S/C17H16O3/c1-12-11-15(18)8-9-16(12)14-6-3-13(4-7-14)5-10-17(19)20-2/h3-11,18H,1-2H3/b10-5+. The van der Waals surface area contributed by atoms with E-state index in [4.69, 9.17) is 0 Å². The lowest BCUT2D eigenvalue weighted by Gasteiger charge is -2.07. The fourth-order valence-electron chi connectivity index (χ4n) is 1.98. The SMILES string of the molecule is COC(=O)/C=C/c1ccc(-c2ccc(O)cc2C)cc1. The summed E-state index contributed by atoms with van der Waals surface area (Å²) < 4.78 is 4.54. The van der Waals surface area contributed by atoms with Gasteiger partial charge in [-0.3, -0.25) is 0 Å². The summed E-state index contributed by atoms with van der Waals surface area (Å²) >= 11 is 0. The molecule has 102 valence electrons. The van der Waals surface area contributed by atoms with Crippen molar-refractivity contribution < 1.29 is 14.6 Å². The number of benzene rings is 2. The van der Waals surface area contributed by atoms with Crippen LogP contribution >= 0.6 is 0 Å². The second-order valence-electron chi connectivity index (χ2n) is 4.48. The lowest BCUT2D eigenvalue weighted by molar-refractivity contribution is -0.134. The zero-order valence-corrected chi connectivity index (χ0v) is 11.5. The summed E-state index contributed by atoms with van der Waals surface area (Å²) in [7, 11) is 1.35. The Labute approximate surface area is 118 Å². The van der Waals surface area contributed by atoms with Crippen molar-refractivity contribution in [2.75, 3.05) is 7.11 Å². The maximum Gasteiger partial charge on any atom is 0.330 e. The molecule has 0 saturated heterocycles. The van der Waals surface area contributed by atoms with Crippen LogP contribution in [0.25, 0.3) is 17.2 Å². The normalized spacial score (nSPS) is 10.7. The quantitative estimate of drug-likeness (QED) is 0.684. The topological polar surface area (TPSA) is 46.5 Å². The number of phenolic OH excluding ortho intramolecular Hbond substituents is 1. The van der Waals surface area contributed by atoms with E-state index >= 15 is 0 Å². The molecule has 0 aliphatic heterocycles. The Morgan fingerprint density at radius 3 is 2.45 bits per heavy atom. The van der Waals surface area contributed by atoms with E-state index in [9.17, 15) is 9.90 Å². The summed E-state index contributed by atoms with van der Waals surface area (Å²) in [6, 6.07) is 13.1. The molecule has 0 amide bonds. The van der Waals surface area contributed by atoms with Crippen molar-refractivity contribution in [3.05, 3.63) is 59.7 Å². The van der Waals surface area contributed by atoms with Crippen molar-refractivity contribution in [1.82, 2.24) is 0 Å². The van der Waals surface area contributed by atoms with Gasteiger partial charge >= 0.3 is 5.97 Å². The molecular weight excluding hydrogens is 252 g/mol. The molecule has 2 aromatic carbocycles. The van der Waals surface area contributed by atoms with Crippen LogP contribution < -0.4 is 0 Å². The van der Waals surface area contributed by atoms with Crippen LogP contribution in [0, 0.1) is 6.92 Å². The Kier molecular flexibility index (Phi) is 4.20.